The molecule has 0 saturated carbocycles. The summed E-state index contributed by atoms with van der Waals surface area (Å²) in [7, 11) is 0. The first-order valence-electron chi connectivity index (χ1n) is 9.09. The van der Waals surface area contributed by atoms with Crippen molar-refractivity contribution in [2.75, 3.05) is 31.9 Å². The maximum atomic E-state index is 12.5. The van der Waals surface area contributed by atoms with Crippen LogP contribution in [-0.4, -0.2) is 52.6 Å². The van der Waals surface area contributed by atoms with E-state index in [2.05, 4.69) is 11.8 Å². The molecule has 0 aliphatic carbocycles. The Labute approximate surface area is 173 Å². The number of nitrogens with zero attached hydrogens (tertiary/aromatic N) is 3. The smallest absolute Gasteiger partial charge is 0.269 e. The van der Waals surface area contributed by atoms with Crippen LogP contribution < -0.4 is 0 Å². The fraction of sp³-hybridized carbons (Fsp3) is 0.350. The standard InChI is InChI=1S/C20H22ClN3O3S/c1-15(18-4-2-3-5-19(18)21)22-10-12-23(13-11-22)20(25)14-28-17-8-6-16(7-9-17)24(26)27/h2-9,15H,10-14H2,1H3. The van der Waals surface area contributed by atoms with Crippen molar-refractivity contribution in [1.29, 1.82) is 0 Å². The second-order valence-corrected chi connectivity index (χ2v) is 8.11. The first-order chi connectivity index (χ1) is 13.5. The minimum atomic E-state index is -0.428. The molecule has 28 heavy (non-hydrogen) atoms. The van der Waals surface area contributed by atoms with E-state index >= 15 is 0 Å². The van der Waals surface area contributed by atoms with Crippen LogP contribution in [0.1, 0.15) is 18.5 Å². The van der Waals surface area contributed by atoms with Crippen LogP contribution >= 0.6 is 23.4 Å². The highest BCUT2D eigenvalue weighted by Crippen LogP contribution is 2.28. The Bertz CT molecular complexity index is 839. The largest absolute Gasteiger partial charge is 0.339 e. The third-order valence-electron chi connectivity index (χ3n) is 4.98. The van der Waals surface area contributed by atoms with Gasteiger partial charge in [-0.25, -0.2) is 0 Å². The van der Waals surface area contributed by atoms with Crippen molar-refractivity contribution in [2.45, 2.75) is 17.9 Å². The number of nitro benzene ring substituents is 1. The Morgan fingerprint density at radius 1 is 1.14 bits per heavy atom. The molecule has 0 aromatic heterocycles. The van der Waals surface area contributed by atoms with Gasteiger partial charge >= 0.3 is 0 Å². The minimum Gasteiger partial charge on any atom is -0.339 e. The predicted octanol–water partition coefficient (Wildman–Crippen LogP) is 4.25. The van der Waals surface area contributed by atoms with Crippen LogP contribution in [0.15, 0.2) is 53.4 Å². The number of benzene rings is 2. The fourth-order valence-electron chi connectivity index (χ4n) is 3.27. The third kappa shape index (κ3) is 5.04. The number of nitro groups is 1. The van der Waals surface area contributed by atoms with Crippen LogP contribution in [0, 0.1) is 10.1 Å². The van der Waals surface area contributed by atoms with Crippen LogP contribution in [0.3, 0.4) is 0 Å². The molecule has 2 aromatic rings. The summed E-state index contributed by atoms with van der Waals surface area (Å²) < 4.78 is 0. The summed E-state index contributed by atoms with van der Waals surface area (Å²) in [6.07, 6.45) is 0. The third-order valence-corrected chi connectivity index (χ3v) is 6.32. The zero-order valence-corrected chi connectivity index (χ0v) is 17.2. The van der Waals surface area contributed by atoms with Crippen molar-refractivity contribution in [2.24, 2.45) is 0 Å². The molecule has 1 heterocycles. The summed E-state index contributed by atoms with van der Waals surface area (Å²) >= 11 is 7.72. The van der Waals surface area contributed by atoms with Crippen molar-refractivity contribution in [3.05, 3.63) is 69.2 Å². The molecule has 8 heteroatoms. The molecular formula is C20H22ClN3O3S. The first kappa shape index (κ1) is 20.6. The highest BCUT2D eigenvalue weighted by molar-refractivity contribution is 8.00. The van der Waals surface area contributed by atoms with E-state index in [1.54, 1.807) is 12.1 Å². The zero-order chi connectivity index (χ0) is 20.1. The van der Waals surface area contributed by atoms with Crippen LogP contribution in [-0.2, 0) is 4.79 Å². The number of thioether (sulfide) groups is 1. The maximum absolute atomic E-state index is 12.5. The highest BCUT2D eigenvalue weighted by Gasteiger charge is 2.25. The van der Waals surface area contributed by atoms with Crippen LogP contribution in [0.25, 0.3) is 0 Å². The minimum absolute atomic E-state index is 0.0550. The number of hydrogen-bond donors (Lipinski definition) is 0. The number of non-ortho nitro benzene ring substituents is 1. The molecule has 1 aliphatic heterocycles. The summed E-state index contributed by atoms with van der Waals surface area (Å²) in [5, 5.41) is 11.5. The van der Waals surface area contributed by atoms with E-state index in [0.717, 1.165) is 28.6 Å². The summed E-state index contributed by atoms with van der Waals surface area (Å²) in [6.45, 7) is 5.13. The van der Waals surface area contributed by atoms with Crippen molar-refractivity contribution in [1.82, 2.24) is 9.80 Å². The van der Waals surface area contributed by atoms with Crippen molar-refractivity contribution < 1.29 is 9.72 Å². The molecule has 0 radical (unpaired) electrons. The van der Waals surface area contributed by atoms with Gasteiger partial charge in [-0.2, -0.15) is 0 Å². The number of halogens is 1. The maximum Gasteiger partial charge on any atom is 0.269 e. The van der Waals surface area contributed by atoms with E-state index in [1.165, 1.54) is 23.9 Å². The van der Waals surface area contributed by atoms with Gasteiger partial charge in [0, 0.05) is 54.3 Å². The zero-order valence-electron chi connectivity index (χ0n) is 15.6. The molecule has 1 atom stereocenters. The van der Waals surface area contributed by atoms with E-state index in [9.17, 15) is 14.9 Å². The molecule has 1 amide bonds. The summed E-state index contributed by atoms with van der Waals surface area (Å²) in [4.78, 5) is 27.8. The Morgan fingerprint density at radius 2 is 1.79 bits per heavy atom. The molecular weight excluding hydrogens is 398 g/mol. The summed E-state index contributed by atoms with van der Waals surface area (Å²) in [5.74, 6) is 0.422. The Morgan fingerprint density at radius 3 is 2.39 bits per heavy atom. The van der Waals surface area contributed by atoms with E-state index < -0.39 is 4.92 Å². The summed E-state index contributed by atoms with van der Waals surface area (Å²) in [6, 6.07) is 14.4. The van der Waals surface area contributed by atoms with Crippen molar-refractivity contribution >= 4 is 35.0 Å². The van der Waals surface area contributed by atoms with Gasteiger partial charge < -0.3 is 4.90 Å². The van der Waals surface area contributed by atoms with E-state index in [0.29, 0.717) is 18.8 Å². The van der Waals surface area contributed by atoms with E-state index in [-0.39, 0.29) is 17.6 Å². The molecule has 0 bridgehead atoms. The predicted molar refractivity (Wildman–Crippen MR) is 112 cm³/mol. The Kier molecular flexibility index (Phi) is 6.93. The van der Waals surface area contributed by atoms with Gasteiger partial charge in [-0.15, -0.1) is 11.8 Å². The van der Waals surface area contributed by atoms with Crippen LogP contribution in [0.5, 0.6) is 0 Å². The number of hydrogen-bond acceptors (Lipinski definition) is 5. The number of carbonyl (C=O) groups is 1. The Hall–Kier alpha value is -2.09. The van der Waals surface area contributed by atoms with Gasteiger partial charge in [-0.1, -0.05) is 29.8 Å². The number of amides is 1. The molecule has 6 nitrogen and oxygen atoms in total. The van der Waals surface area contributed by atoms with Crippen LogP contribution in [0.2, 0.25) is 5.02 Å². The van der Waals surface area contributed by atoms with Gasteiger partial charge in [0.2, 0.25) is 5.91 Å². The summed E-state index contributed by atoms with van der Waals surface area (Å²) in [5.41, 5.74) is 1.16. The van der Waals surface area contributed by atoms with Gasteiger partial charge in [0.1, 0.15) is 0 Å². The normalized spacial score (nSPS) is 16.0. The van der Waals surface area contributed by atoms with Gasteiger partial charge in [0.05, 0.1) is 10.7 Å². The number of rotatable bonds is 6. The fourth-order valence-corrected chi connectivity index (χ4v) is 4.36. The number of piperazine rings is 1. The quantitative estimate of drug-likeness (QED) is 0.398. The lowest BCUT2D eigenvalue weighted by atomic mass is 10.1. The lowest BCUT2D eigenvalue weighted by molar-refractivity contribution is -0.384. The van der Waals surface area contributed by atoms with Gasteiger partial charge in [-0.3, -0.25) is 19.8 Å². The molecule has 0 N–H and O–H groups in total. The van der Waals surface area contributed by atoms with Crippen molar-refractivity contribution in [3.63, 3.8) is 0 Å². The molecule has 1 saturated heterocycles. The lowest BCUT2D eigenvalue weighted by Crippen LogP contribution is -2.49. The van der Waals surface area contributed by atoms with Crippen LogP contribution in [0.4, 0.5) is 5.69 Å². The average Bonchev–Trinajstić information content (AvgIpc) is 2.72. The SMILES string of the molecule is CC(c1ccccc1Cl)N1CCN(C(=O)CSc2ccc([N+](=O)[O-])cc2)CC1. The molecule has 1 unspecified atom stereocenters. The lowest BCUT2D eigenvalue weighted by Gasteiger charge is -2.38. The second kappa shape index (κ2) is 9.41. The molecule has 1 aliphatic rings. The highest BCUT2D eigenvalue weighted by atomic mass is 35.5. The van der Waals surface area contributed by atoms with Crippen molar-refractivity contribution in [3.8, 4) is 0 Å². The Balaban J connectivity index is 1.48. The monoisotopic (exact) mass is 419 g/mol. The van der Waals surface area contributed by atoms with Gasteiger partial charge in [0.25, 0.3) is 5.69 Å². The molecule has 3 rings (SSSR count). The molecule has 148 valence electrons. The molecule has 2 aromatic carbocycles. The van der Waals surface area contributed by atoms with Gasteiger partial charge in [0.15, 0.2) is 0 Å². The van der Waals surface area contributed by atoms with E-state index in [1.807, 2.05) is 29.2 Å². The van der Waals surface area contributed by atoms with Gasteiger partial charge in [-0.05, 0) is 30.7 Å². The first-order valence-corrected chi connectivity index (χ1v) is 10.5. The topological polar surface area (TPSA) is 66.7 Å². The molecule has 0 spiro atoms. The average molecular weight is 420 g/mol. The van der Waals surface area contributed by atoms with E-state index in [4.69, 9.17) is 11.6 Å². The molecule has 1 fully saturated rings. The second-order valence-electron chi connectivity index (χ2n) is 6.65. The number of carbonyl (C=O) groups excluding carboxylic acids is 1.